The highest BCUT2D eigenvalue weighted by Gasteiger charge is 2.25. The lowest BCUT2D eigenvalue weighted by atomic mass is 9.98. The van der Waals surface area contributed by atoms with Gasteiger partial charge in [-0.2, -0.15) is 5.10 Å². The van der Waals surface area contributed by atoms with Crippen molar-refractivity contribution >= 4 is 0 Å². The van der Waals surface area contributed by atoms with E-state index in [0.717, 1.165) is 24.7 Å². The maximum atomic E-state index is 4.58. The zero-order valence-electron chi connectivity index (χ0n) is 11.4. The van der Waals surface area contributed by atoms with E-state index in [1.165, 1.54) is 31.4 Å². The van der Waals surface area contributed by atoms with Gasteiger partial charge in [0, 0.05) is 11.7 Å². The highest BCUT2D eigenvalue weighted by Crippen LogP contribution is 2.28. The van der Waals surface area contributed by atoms with Crippen LogP contribution in [0.1, 0.15) is 44.0 Å². The Balaban J connectivity index is 2.03. The first-order valence-electron chi connectivity index (χ1n) is 6.95. The van der Waals surface area contributed by atoms with Crippen LogP contribution in [0.25, 0.3) is 0 Å². The van der Waals surface area contributed by atoms with E-state index in [1.807, 2.05) is 0 Å². The molecule has 1 unspecified atom stereocenters. The largest absolute Gasteiger partial charge is 0.312 e. The molecule has 96 valence electrons. The lowest BCUT2D eigenvalue weighted by Crippen LogP contribution is -2.39. The molecule has 3 nitrogen and oxygen atoms in total. The van der Waals surface area contributed by atoms with Crippen LogP contribution in [0.4, 0.5) is 0 Å². The molecule has 3 heteroatoms. The molecule has 0 aliphatic heterocycles. The number of rotatable bonds is 5. The zero-order chi connectivity index (χ0) is 12.3. The van der Waals surface area contributed by atoms with E-state index < -0.39 is 0 Å². The molecule has 1 atom stereocenters. The lowest BCUT2D eigenvalue weighted by Gasteiger charge is -2.24. The van der Waals surface area contributed by atoms with E-state index in [4.69, 9.17) is 0 Å². The smallest absolute Gasteiger partial charge is 0.0596 e. The van der Waals surface area contributed by atoms with Gasteiger partial charge in [0.2, 0.25) is 0 Å². The molecule has 0 bridgehead atoms. The molecule has 1 heterocycles. The molecule has 0 spiro atoms. The third kappa shape index (κ3) is 3.09. The van der Waals surface area contributed by atoms with Crippen LogP contribution in [0, 0.1) is 19.8 Å². The van der Waals surface area contributed by atoms with E-state index in [9.17, 15) is 0 Å². The molecule has 17 heavy (non-hydrogen) atoms. The average Bonchev–Trinajstić information content (AvgIpc) is 2.88. The van der Waals surface area contributed by atoms with E-state index in [0.29, 0.717) is 6.04 Å². The van der Waals surface area contributed by atoms with Crippen molar-refractivity contribution in [2.24, 2.45) is 5.92 Å². The highest BCUT2D eigenvalue weighted by molar-refractivity contribution is 5.06. The van der Waals surface area contributed by atoms with Crippen molar-refractivity contribution in [2.75, 3.05) is 6.54 Å². The van der Waals surface area contributed by atoms with Crippen LogP contribution in [-0.2, 0) is 6.54 Å². The van der Waals surface area contributed by atoms with Crippen LogP contribution in [0.3, 0.4) is 0 Å². The molecule has 1 aliphatic carbocycles. The normalized spacial score (nSPS) is 18.8. The number of hydrogen-bond acceptors (Lipinski definition) is 2. The molecule has 0 aromatic carbocycles. The number of aryl methyl sites for hydroxylation is 2. The molecule has 1 saturated carbocycles. The van der Waals surface area contributed by atoms with Crippen LogP contribution in [0.5, 0.6) is 0 Å². The van der Waals surface area contributed by atoms with Gasteiger partial charge in [0.1, 0.15) is 0 Å². The standard InChI is InChI=1S/C14H25N3/c1-4-15-14(13-7-5-6-8-13)10-17-12(3)9-11(2)16-17/h9,13-15H,4-8,10H2,1-3H3. The molecule has 1 N–H and O–H groups in total. The van der Waals surface area contributed by atoms with Crippen molar-refractivity contribution in [1.82, 2.24) is 15.1 Å². The summed E-state index contributed by atoms with van der Waals surface area (Å²) in [6.45, 7) is 8.50. The summed E-state index contributed by atoms with van der Waals surface area (Å²) in [6, 6.07) is 2.76. The molecular formula is C14H25N3. The molecule has 2 rings (SSSR count). The maximum Gasteiger partial charge on any atom is 0.0596 e. The fraction of sp³-hybridized carbons (Fsp3) is 0.786. The highest BCUT2D eigenvalue weighted by atomic mass is 15.3. The maximum absolute atomic E-state index is 4.58. The van der Waals surface area contributed by atoms with E-state index in [1.54, 1.807) is 0 Å². The lowest BCUT2D eigenvalue weighted by molar-refractivity contribution is 0.314. The Bertz CT molecular complexity index is 350. The third-order valence-electron chi connectivity index (χ3n) is 3.91. The Morgan fingerprint density at radius 3 is 2.65 bits per heavy atom. The van der Waals surface area contributed by atoms with Gasteiger partial charge in [-0.3, -0.25) is 4.68 Å². The number of aromatic nitrogens is 2. The van der Waals surface area contributed by atoms with E-state index in [-0.39, 0.29) is 0 Å². The van der Waals surface area contributed by atoms with Crippen LogP contribution < -0.4 is 5.32 Å². The fourth-order valence-corrected chi connectivity index (χ4v) is 3.05. The van der Waals surface area contributed by atoms with Crippen LogP contribution in [-0.4, -0.2) is 22.4 Å². The zero-order valence-corrected chi connectivity index (χ0v) is 11.4. The van der Waals surface area contributed by atoms with Crippen LogP contribution >= 0.6 is 0 Å². The monoisotopic (exact) mass is 235 g/mol. The van der Waals surface area contributed by atoms with E-state index in [2.05, 4.69) is 41.9 Å². The van der Waals surface area contributed by atoms with Gasteiger partial charge >= 0.3 is 0 Å². The predicted octanol–water partition coefficient (Wildman–Crippen LogP) is 2.67. The Kier molecular flexibility index (Phi) is 4.21. The third-order valence-corrected chi connectivity index (χ3v) is 3.91. The van der Waals surface area contributed by atoms with Crippen molar-refractivity contribution in [3.8, 4) is 0 Å². The fourth-order valence-electron chi connectivity index (χ4n) is 3.05. The summed E-state index contributed by atoms with van der Waals surface area (Å²) in [5, 5.41) is 8.23. The molecule has 1 fully saturated rings. The SMILES string of the molecule is CCNC(Cn1nc(C)cc1C)C1CCCC1. The van der Waals surface area contributed by atoms with Gasteiger partial charge in [-0.25, -0.2) is 0 Å². The summed E-state index contributed by atoms with van der Waals surface area (Å²) < 4.78 is 2.17. The van der Waals surface area contributed by atoms with Gasteiger partial charge in [-0.15, -0.1) is 0 Å². The van der Waals surface area contributed by atoms with Gasteiger partial charge in [0.25, 0.3) is 0 Å². The second-order valence-corrected chi connectivity index (χ2v) is 5.32. The van der Waals surface area contributed by atoms with Gasteiger partial charge in [0.15, 0.2) is 0 Å². The summed E-state index contributed by atoms with van der Waals surface area (Å²) in [5.41, 5.74) is 2.41. The first-order chi connectivity index (χ1) is 8.20. The second-order valence-electron chi connectivity index (χ2n) is 5.32. The summed E-state index contributed by atoms with van der Waals surface area (Å²) in [6.07, 6.45) is 5.58. The minimum atomic E-state index is 0.598. The summed E-state index contributed by atoms with van der Waals surface area (Å²) >= 11 is 0. The second kappa shape index (κ2) is 5.67. The Morgan fingerprint density at radius 1 is 1.41 bits per heavy atom. The Hall–Kier alpha value is -0.830. The van der Waals surface area contributed by atoms with Gasteiger partial charge in [-0.1, -0.05) is 19.8 Å². The molecule has 0 radical (unpaired) electrons. The average molecular weight is 235 g/mol. The van der Waals surface area contributed by atoms with Crippen molar-refractivity contribution in [2.45, 2.75) is 59.0 Å². The molecule has 1 aromatic heterocycles. The first kappa shape index (κ1) is 12.6. The van der Waals surface area contributed by atoms with Crippen molar-refractivity contribution in [3.05, 3.63) is 17.5 Å². The predicted molar refractivity (Wildman–Crippen MR) is 71.1 cm³/mol. The number of nitrogens with one attached hydrogen (secondary N) is 1. The number of likely N-dealkylation sites (N-methyl/N-ethyl adjacent to an activating group) is 1. The topological polar surface area (TPSA) is 29.9 Å². The van der Waals surface area contributed by atoms with Crippen LogP contribution in [0.2, 0.25) is 0 Å². The van der Waals surface area contributed by atoms with Gasteiger partial charge in [-0.05, 0) is 45.2 Å². The number of nitrogens with zero attached hydrogens (tertiary/aromatic N) is 2. The first-order valence-corrected chi connectivity index (χ1v) is 6.95. The van der Waals surface area contributed by atoms with Crippen LogP contribution in [0.15, 0.2) is 6.07 Å². The minimum Gasteiger partial charge on any atom is -0.312 e. The summed E-state index contributed by atoms with van der Waals surface area (Å²) in [7, 11) is 0. The Labute approximate surface area is 105 Å². The minimum absolute atomic E-state index is 0.598. The number of hydrogen-bond donors (Lipinski definition) is 1. The molecule has 0 amide bonds. The molecule has 0 saturated heterocycles. The molecule has 1 aliphatic rings. The quantitative estimate of drug-likeness (QED) is 0.850. The van der Waals surface area contributed by atoms with E-state index >= 15 is 0 Å². The molecule has 1 aromatic rings. The van der Waals surface area contributed by atoms with Crippen molar-refractivity contribution in [3.63, 3.8) is 0 Å². The van der Waals surface area contributed by atoms with Crippen molar-refractivity contribution < 1.29 is 0 Å². The Morgan fingerprint density at radius 2 is 2.12 bits per heavy atom. The van der Waals surface area contributed by atoms with Gasteiger partial charge in [0.05, 0.1) is 12.2 Å². The molecular weight excluding hydrogens is 210 g/mol. The van der Waals surface area contributed by atoms with Gasteiger partial charge < -0.3 is 5.32 Å². The van der Waals surface area contributed by atoms with Crippen molar-refractivity contribution in [1.29, 1.82) is 0 Å². The summed E-state index contributed by atoms with van der Waals surface area (Å²) in [4.78, 5) is 0. The summed E-state index contributed by atoms with van der Waals surface area (Å²) in [5.74, 6) is 0.846.